The summed E-state index contributed by atoms with van der Waals surface area (Å²) in [6, 6.07) is -0.0219. The van der Waals surface area contributed by atoms with Crippen LogP contribution in [0.5, 0.6) is 0 Å². The highest BCUT2D eigenvalue weighted by Gasteiger charge is 2.28. The van der Waals surface area contributed by atoms with Crippen molar-refractivity contribution in [2.45, 2.75) is 31.5 Å². The van der Waals surface area contributed by atoms with Crippen molar-refractivity contribution in [1.82, 2.24) is 10.6 Å². The molecule has 14 heavy (non-hydrogen) atoms. The van der Waals surface area contributed by atoms with E-state index < -0.39 is 0 Å². The molecule has 1 rings (SSSR count). The van der Waals surface area contributed by atoms with Crippen molar-refractivity contribution in [3.63, 3.8) is 0 Å². The fourth-order valence-electron chi connectivity index (χ4n) is 1.55. The first kappa shape index (κ1) is 11.8. The van der Waals surface area contributed by atoms with Gasteiger partial charge < -0.3 is 15.7 Å². The highest BCUT2D eigenvalue weighted by atomic mass is 32.2. The molecule has 0 radical (unpaired) electrons. The van der Waals surface area contributed by atoms with Gasteiger partial charge in [0.1, 0.15) is 0 Å². The maximum absolute atomic E-state index is 11.6. The third-order valence-electron chi connectivity index (χ3n) is 2.23. The first-order valence-electron chi connectivity index (χ1n) is 4.84. The summed E-state index contributed by atoms with van der Waals surface area (Å²) < 4.78 is 0. The average molecular weight is 218 g/mol. The summed E-state index contributed by atoms with van der Waals surface area (Å²) in [5.74, 6) is 0.921. The van der Waals surface area contributed by atoms with Gasteiger partial charge in [-0.25, -0.2) is 0 Å². The van der Waals surface area contributed by atoms with E-state index in [4.69, 9.17) is 0 Å². The van der Waals surface area contributed by atoms with Crippen LogP contribution in [0.25, 0.3) is 0 Å². The van der Waals surface area contributed by atoms with E-state index in [9.17, 15) is 9.90 Å². The molecule has 5 heteroatoms. The monoisotopic (exact) mass is 218 g/mol. The van der Waals surface area contributed by atoms with Gasteiger partial charge in [0.05, 0.1) is 12.1 Å². The molecule has 1 heterocycles. The smallest absolute Gasteiger partial charge is 0.237 e. The van der Waals surface area contributed by atoms with Crippen LogP contribution >= 0.6 is 11.8 Å². The van der Waals surface area contributed by atoms with Crippen LogP contribution in [0.4, 0.5) is 0 Å². The summed E-state index contributed by atoms with van der Waals surface area (Å²) in [7, 11) is 0. The standard InChI is InChI=1S/C9H18N2O2S/c1-6(5-14-2)11-9(13)8-3-7(12)4-10-8/h6-8,10,12H,3-5H2,1-2H3,(H,11,13)/t6?,7-,8+/m0/s1. The van der Waals surface area contributed by atoms with Crippen LogP contribution in [-0.4, -0.2) is 47.8 Å². The SMILES string of the molecule is CSCC(C)NC(=O)[C@H]1C[C@H](O)CN1. The summed E-state index contributed by atoms with van der Waals surface area (Å²) in [6.45, 7) is 2.51. The van der Waals surface area contributed by atoms with Crippen molar-refractivity contribution in [1.29, 1.82) is 0 Å². The summed E-state index contributed by atoms with van der Waals surface area (Å²) >= 11 is 1.71. The number of aliphatic hydroxyl groups is 1. The number of hydrogen-bond donors (Lipinski definition) is 3. The second-order valence-corrected chi connectivity index (χ2v) is 4.63. The van der Waals surface area contributed by atoms with Gasteiger partial charge in [0.25, 0.3) is 0 Å². The average Bonchev–Trinajstić information content (AvgIpc) is 2.52. The summed E-state index contributed by atoms with van der Waals surface area (Å²) in [6.07, 6.45) is 2.17. The lowest BCUT2D eigenvalue weighted by molar-refractivity contribution is -0.123. The molecule has 3 N–H and O–H groups in total. The van der Waals surface area contributed by atoms with Crippen LogP contribution in [-0.2, 0) is 4.79 Å². The normalized spacial score (nSPS) is 28.8. The predicted molar refractivity (Wildman–Crippen MR) is 58.4 cm³/mol. The van der Waals surface area contributed by atoms with Gasteiger partial charge in [-0.2, -0.15) is 11.8 Å². The summed E-state index contributed by atoms with van der Waals surface area (Å²) in [5, 5.41) is 15.1. The van der Waals surface area contributed by atoms with E-state index in [-0.39, 0.29) is 24.1 Å². The zero-order valence-electron chi connectivity index (χ0n) is 8.62. The molecule has 0 aromatic carbocycles. The van der Waals surface area contributed by atoms with E-state index in [1.54, 1.807) is 11.8 Å². The van der Waals surface area contributed by atoms with Gasteiger partial charge in [-0.05, 0) is 19.6 Å². The van der Waals surface area contributed by atoms with Crippen LogP contribution in [0.1, 0.15) is 13.3 Å². The zero-order valence-corrected chi connectivity index (χ0v) is 9.43. The molecule has 0 aromatic heterocycles. The second kappa shape index (κ2) is 5.58. The first-order valence-corrected chi connectivity index (χ1v) is 6.23. The molecule has 0 spiro atoms. The number of aliphatic hydroxyl groups excluding tert-OH is 1. The van der Waals surface area contributed by atoms with Gasteiger partial charge in [0.2, 0.25) is 5.91 Å². The fraction of sp³-hybridized carbons (Fsp3) is 0.889. The topological polar surface area (TPSA) is 61.4 Å². The molecule has 1 saturated heterocycles. The summed E-state index contributed by atoms with van der Waals surface area (Å²) in [5.41, 5.74) is 0. The number of amides is 1. The molecule has 1 aliphatic rings. The Kier molecular flexibility index (Phi) is 4.71. The molecule has 4 nitrogen and oxygen atoms in total. The van der Waals surface area contributed by atoms with Gasteiger partial charge >= 0.3 is 0 Å². The number of carbonyl (C=O) groups is 1. The zero-order chi connectivity index (χ0) is 10.6. The molecule has 0 aromatic rings. The number of thioether (sulfide) groups is 1. The molecule has 3 atom stereocenters. The molecule has 1 unspecified atom stereocenters. The van der Waals surface area contributed by atoms with Crippen LogP contribution in [0.3, 0.4) is 0 Å². The van der Waals surface area contributed by atoms with E-state index in [1.165, 1.54) is 0 Å². The number of rotatable bonds is 4. The Hall–Kier alpha value is -0.260. The lowest BCUT2D eigenvalue weighted by Gasteiger charge is -2.16. The van der Waals surface area contributed by atoms with Crippen LogP contribution in [0.2, 0.25) is 0 Å². The minimum absolute atomic E-state index is 0.00287. The van der Waals surface area contributed by atoms with Crippen molar-refractivity contribution in [2.24, 2.45) is 0 Å². The molecular formula is C9H18N2O2S. The largest absolute Gasteiger partial charge is 0.392 e. The van der Waals surface area contributed by atoms with Crippen molar-refractivity contribution in [2.75, 3.05) is 18.6 Å². The minimum Gasteiger partial charge on any atom is -0.392 e. The van der Waals surface area contributed by atoms with Crippen molar-refractivity contribution < 1.29 is 9.90 Å². The quantitative estimate of drug-likeness (QED) is 0.599. The maximum Gasteiger partial charge on any atom is 0.237 e. The highest BCUT2D eigenvalue weighted by Crippen LogP contribution is 2.06. The molecule has 0 aliphatic carbocycles. The number of hydrogen-bond acceptors (Lipinski definition) is 4. The first-order chi connectivity index (χ1) is 6.63. The molecule has 82 valence electrons. The van der Waals surface area contributed by atoms with E-state index in [2.05, 4.69) is 10.6 Å². The molecule has 1 amide bonds. The second-order valence-electron chi connectivity index (χ2n) is 3.72. The highest BCUT2D eigenvalue weighted by molar-refractivity contribution is 7.98. The number of nitrogens with one attached hydrogen (secondary N) is 2. The molecule has 1 aliphatic heterocycles. The van der Waals surface area contributed by atoms with E-state index in [0.717, 1.165) is 5.75 Å². The molecular weight excluding hydrogens is 200 g/mol. The van der Waals surface area contributed by atoms with Crippen LogP contribution < -0.4 is 10.6 Å². The van der Waals surface area contributed by atoms with Crippen LogP contribution in [0, 0.1) is 0 Å². The lowest BCUT2D eigenvalue weighted by Crippen LogP contribution is -2.44. The van der Waals surface area contributed by atoms with Crippen molar-refractivity contribution in [3.8, 4) is 0 Å². The lowest BCUT2D eigenvalue weighted by atomic mass is 10.2. The van der Waals surface area contributed by atoms with Gasteiger partial charge in [-0.1, -0.05) is 0 Å². The molecule has 0 bridgehead atoms. The minimum atomic E-state index is -0.374. The Morgan fingerprint density at radius 1 is 1.79 bits per heavy atom. The molecule has 1 fully saturated rings. The van der Waals surface area contributed by atoms with E-state index in [0.29, 0.717) is 13.0 Å². The predicted octanol–water partition coefficient (Wildman–Crippen LogP) is -0.423. The fourth-order valence-corrected chi connectivity index (χ4v) is 2.14. The third-order valence-corrected chi connectivity index (χ3v) is 3.06. The van der Waals surface area contributed by atoms with Crippen LogP contribution in [0.15, 0.2) is 0 Å². The molecule has 0 saturated carbocycles. The maximum atomic E-state index is 11.6. The van der Waals surface area contributed by atoms with Crippen molar-refractivity contribution >= 4 is 17.7 Å². The van der Waals surface area contributed by atoms with Gasteiger partial charge in [0.15, 0.2) is 0 Å². The van der Waals surface area contributed by atoms with Gasteiger partial charge in [0, 0.05) is 18.3 Å². The summed E-state index contributed by atoms with van der Waals surface area (Å²) in [4.78, 5) is 11.6. The Labute approximate surface area is 88.8 Å². The van der Waals surface area contributed by atoms with Gasteiger partial charge in [-0.3, -0.25) is 4.79 Å². The van der Waals surface area contributed by atoms with E-state index in [1.807, 2.05) is 13.2 Å². The Bertz CT molecular complexity index is 201. The van der Waals surface area contributed by atoms with E-state index >= 15 is 0 Å². The Morgan fingerprint density at radius 3 is 3.00 bits per heavy atom. The third kappa shape index (κ3) is 3.48. The number of carbonyl (C=O) groups excluding carboxylic acids is 1. The van der Waals surface area contributed by atoms with Crippen molar-refractivity contribution in [3.05, 3.63) is 0 Å². The van der Waals surface area contributed by atoms with Gasteiger partial charge in [-0.15, -0.1) is 0 Å². The Balaban J connectivity index is 2.27. The number of β-amino-alcohol motifs (C(OH)–C–C–N with tert-alkyl or cyclic N) is 1. The Morgan fingerprint density at radius 2 is 2.50 bits per heavy atom.